The number of nitriles is 1. The summed E-state index contributed by atoms with van der Waals surface area (Å²) in [7, 11) is -3.95. The van der Waals surface area contributed by atoms with E-state index in [4.69, 9.17) is 5.26 Å². The number of sulfonamides is 1. The molecule has 0 bridgehead atoms. The summed E-state index contributed by atoms with van der Waals surface area (Å²) >= 11 is 0. The van der Waals surface area contributed by atoms with Gasteiger partial charge in [0.15, 0.2) is 0 Å². The molecule has 0 saturated heterocycles. The Morgan fingerprint density at radius 1 is 1.12 bits per heavy atom. The number of hydrogen-bond donors (Lipinski definition) is 1. The monoisotopic (exact) mass is 342 g/mol. The average Bonchev–Trinajstić information content (AvgIpc) is 3.06. The Morgan fingerprint density at radius 2 is 1.83 bits per heavy atom. The Morgan fingerprint density at radius 3 is 2.58 bits per heavy atom. The van der Waals surface area contributed by atoms with E-state index >= 15 is 0 Å². The number of hydrogen-bond acceptors (Lipinski definition) is 4. The molecule has 8 heteroatoms. The van der Waals surface area contributed by atoms with Crippen molar-refractivity contribution in [1.29, 1.82) is 5.26 Å². The second-order valence-electron chi connectivity index (χ2n) is 4.83. The Bertz CT molecular complexity index is 1040. The SMILES string of the molecule is N#Cc1ccccc1NS(=O)(=O)c1cnn(-c2ccccc2F)c1. The summed E-state index contributed by atoms with van der Waals surface area (Å²) in [6.45, 7) is 0. The van der Waals surface area contributed by atoms with Crippen LogP contribution in [0.2, 0.25) is 0 Å². The van der Waals surface area contributed by atoms with E-state index in [1.54, 1.807) is 18.2 Å². The molecule has 24 heavy (non-hydrogen) atoms. The van der Waals surface area contributed by atoms with Crippen LogP contribution in [0.15, 0.2) is 65.8 Å². The first-order chi connectivity index (χ1) is 11.5. The quantitative estimate of drug-likeness (QED) is 0.789. The van der Waals surface area contributed by atoms with Crippen LogP contribution in [0.25, 0.3) is 5.69 Å². The number of aromatic nitrogens is 2. The van der Waals surface area contributed by atoms with Crippen molar-refractivity contribution in [2.75, 3.05) is 4.72 Å². The first kappa shape index (κ1) is 15.7. The molecule has 0 aliphatic rings. The highest BCUT2D eigenvalue weighted by Crippen LogP contribution is 2.20. The van der Waals surface area contributed by atoms with E-state index < -0.39 is 15.8 Å². The first-order valence-corrected chi connectivity index (χ1v) is 8.31. The molecule has 2 aromatic carbocycles. The molecule has 120 valence electrons. The van der Waals surface area contributed by atoms with Crippen LogP contribution in [-0.4, -0.2) is 18.2 Å². The standard InChI is InChI=1S/C16H11FN4O2S/c17-14-6-2-4-8-16(14)21-11-13(10-19-21)24(22,23)20-15-7-3-1-5-12(15)9-18/h1-8,10-11,20H. The van der Waals surface area contributed by atoms with E-state index in [1.807, 2.05) is 6.07 Å². The maximum atomic E-state index is 13.8. The van der Waals surface area contributed by atoms with Crippen LogP contribution < -0.4 is 4.72 Å². The van der Waals surface area contributed by atoms with Gasteiger partial charge in [0.1, 0.15) is 22.5 Å². The Labute approximate surface area is 137 Å². The minimum Gasteiger partial charge on any atom is -0.278 e. The molecule has 1 heterocycles. The van der Waals surface area contributed by atoms with Gasteiger partial charge in [-0.15, -0.1) is 0 Å². The summed E-state index contributed by atoms with van der Waals surface area (Å²) in [6.07, 6.45) is 2.32. The van der Waals surface area contributed by atoms with Gasteiger partial charge in [0.25, 0.3) is 10.0 Å². The molecule has 0 aliphatic carbocycles. The predicted octanol–water partition coefficient (Wildman–Crippen LogP) is 2.68. The van der Waals surface area contributed by atoms with Gasteiger partial charge < -0.3 is 0 Å². The van der Waals surface area contributed by atoms with Gasteiger partial charge in [-0.1, -0.05) is 24.3 Å². The molecule has 1 N–H and O–H groups in total. The normalized spacial score (nSPS) is 11.0. The average molecular weight is 342 g/mol. The van der Waals surface area contributed by atoms with Crippen LogP contribution in [0.3, 0.4) is 0 Å². The number of nitrogens with one attached hydrogen (secondary N) is 1. The van der Waals surface area contributed by atoms with Gasteiger partial charge in [-0.2, -0.15) is 10.4 Å². The lowest BCUT2D eigenvalue weighted by molar-refractivity contribution is 0.600. The lowest BCUT2D eigenvalue weighted by Gasteiger charge is -2.07. The fourth-order valence-electron chi connectivity index (χ4n) is 2.09. The molecular weight excluding hydrogens is 331 g/mol. The molecule has 0 spiro atoms. The number of halogens is 1. The fourth-order valence-corrected chi connectivity index (χ4v) is 3.10. The summed E-state index contributed by atoms with van der Waals surface area (Å²) in [6, 6.07) is 14.0. The topological polar surface area (TPSA) is 87.8 Å². The van der Waals surface area contributed by atoms with Crippen LogP contribution >= 0.6 is 0 Å². The molecule has 0 aliphatic heterocycles. The lowest BCUT2D eigenvalue weighted by Crippen LogP contribution is -2.13. The highest BCUT2D eigenvalue weighted by molar-refractivity contribution is 7.92. The van der Waals surface area contributed by atoms with Crippen molar-refractivity contribution in [2.24, 2.45) is 0 Å². The van der Waals surface area contributed by atoms with Gasteiger partial charge in [-0.3, -0.25) is 4.72 Å². The second-order valence-corrected chi connectivity index (χ2v) is 6.52. The zero-order chi connectivity index (χ0) is 17.2. The van der Waals surface area contributed by atoms with Crippen LogP contribution in [-0.2, 0) is 10.0 Å². The largest absolute Gasteiger partial charge is 0.278 e. The summed E-state index contributed by atoms with van der Waals surface area (Å²) in [4.78, 5) is -0.140. The third kappa shape index (κ3) is 2.98. The Hall–Kier alpha value is -3.18. The molecule has 0 unspecified atom stereocenters. The summed E-state index contributed by atoms with van der Waals surface area (Å²) in [5, 5.41) is 12.9. The van der Waals surface area contributed by atoms with Gasteiger partial charge in [-0.05, 0) is 24.3 Å². The number of anilines is 1. The van der Waals surface area contributed by atoms with Crippen molar-refractivity contribution in [1.82, 2.24) is 9.78 Å². The summed E-state index contributed by atoms with van der Waals surface area (Å²) < 4.78 is 42.1. The highest BCUT2D eigenvalue weighted by Gasteiger charge is 2.19. The fraction of sp³-hybridized carbons (Fsp3) is 0. The molecule has 1 aromatic heterocycles. The van der Waals surface area contributed by atoms with Crippen LogP contribution in [0, 0.1) is 17.1 Å². The predicted molar refractivity (Wildman–Crippen MR) is 85.5 cm³/mol. The molecule has 6 nitrogen and oxygen atoms in total. The third-order valence-corrected chi connectivity index (χ3v) is 4.58. The van der Waals surface area contributed by atoms with Gasteiger partial charge in [0.2, 0.25) is 0 Å². The molecule has 0 saturated carbocycles. The maximum absolute atomic E-state index is 13.8. The molecule has 0 radical (unpaired) electrons. The van der Waals surface area contributed by atoms with Crippen LogP contribution in [0.5, 0.6) is 0 Å². The van der Waals surface area contributed by atoms with Crippen molar-refractivity contribution in [3.63, 3.8) is 0 Å². The summed E-state index contributed by atoms with van der Waals surface area (Å²) in [5.74, 6) is -0.521. The maximum Gasteiger partial charge on any atom is 0.265 e. The van der Waals surface area contributed by atoms with Crippen molar-refractivity contribution in [2.45, 2.75) is 4.90 Å². The lowest BCUT2D eigenvalue weighted by atomic mass is 10.2. The van der Waals surface area contributed by atoms with E-state index in [1.165, 1.54) is 36.5 Å². The van der Waals surface area contributed by atoms with E-state index in [2.05, 4.69) is 9.82 Å². The van der Waals surface area contributed by atoms with Crippen molar-refractivity contribution >= 4 is 15.7 Å². The van der Waals surface area contributed by atoms with E-state index in [0.717, 1.165) is 10.9 Å². The summed E-state index contributed by atoms with van der Waals surface area (Å²) in [5.41, 5.74) is 0.498. The molecule has 0 atom stereocenters. The Balaban J connectivity index is 1.95. The Kier molecular flexibility index (Phi) is 4.02. The van der Waals surface area contributed by atoms with E-state index in [9.17, 15) is 12.8 Å². The smallest absolute Gasteiger partial charge is 0.265 e. The van der Waals surface area contributed by atoms with Gasteiger partial charge in [0.05, 0.1) is 23.6 Å². The molecule has 3 aromatic rings. The van der Waals surface area contributed by atoms with Crippen LogP contribution in [0.4, 0.5) is 10.1 Å². The molecular formula is C16H11FN4O2S. The second kappa shape index (κ2) is 6.14. The molecule has 0 fully saturated rings. The molecule has 0 amide bonds. The van der Waals surface area contributed by atoms with Gasteiger partial charge >= 0.3 is 0 Å². The third-order valence-electron chi connectivity index (χ3n) is 3.26. The van der Waals surface area contributed by atoms with Crippen LogP contribution in [0.1, 0.15) is 5.56 Å². The number of nitrogens with zero attached hydrogens (tertiary/aromatic N) is 3. The van der Waals surface area contributed by atoms with Gasteiger partial charge in [-0.25, -0.2) is 17.5 Å². The zero-order valence-corrected chi connectivity index (χ0v) is 13.0. The van der Waals surface area contributed by atoms with E-state index in [0.29, 0.717) is 0 Å². The zero-order valence-electron chi connectivity index (χ0n) is 12.2. The molecule has 3 rings (SSSR count). The number of para-hydroxylation sites is 2. The van der Waals surface area contributed by atoms with E-state index in [-0.39, 0.29) is 21.8 Å². The minimum atomic E-state index is -3.95. The number of rotatable bonds is 4. The van der Waals surface area contributed by atoms with Crippen molar-refractivity contribution in [3.05, 3.63) is 72.3 Å². The highest BCUT2D eigenvalue weighted by atomic mass is 32.2. The van der Waals surface area contributed by atoms with Gasteiger partial charge in [0, 0.05) is 0 Å². The van der Waals surface area contributed by atoms with Crippen molar-refractivity contribution < 1.29 is 12.8 Å². The minimum absolute atomic E-state index is 0.136. The number of benzene rings is 2. The first-order valence-electron chi connectivity index (χ1n) is 6.83. The van der Waals surface area contributed by atoms with Crippen molar-refractivity contribution in [3.8, 4) is 11.8 Å².